The fourth-order valence-electron chi connectivity index (χ4n) is 1.93. The van der Waals surface area contributed by atoms with Gasteiger partial charge in [-0.3, -0.25) is 5.32 Å². The normalized spacial score (nSPS) is 12.0. The molecule has 0 aliphatic rings. The van der Waals surface area contributed by atoms with Crippen LogP contribution in [-0.4, -0.2) is 20.2 Å². The predicted octanol–water partition coefficient (Wildman–Crippen LogP) is 2.90. The minimum atomic E-state index is -0.725. The second-order valence-electron chi connectivity index (χ2n) is 4.31. The molecule has 0 amide bonds. The van der Waals surface area contributed by atoms with Gasteiger partial charge in [0, 0.05) is 11.4 Å². The molecule has 0 saturated heterocycles. The molecule has 0 aliphatic heterocycles. The van der Waals surface area contributed by atoms with Crippen molar-refractivity contribution >= 4 is 17.3 Å². The largest absolute Gasteiger partial charge is 0.494 e. The van der Waals surface area contributed by atoms with Crippen LogP contribution in [0.15, 0.2) is 35.7 Å². The highest BCUT2D eigenvalue weighted by atomic mass is 32.1. The monoisotopic (exact) mass is 309 g/mol. The number of ether oxygens (including phenoxy) is 2. The lowest BCUT2D eigenvalue weighted by atomic mass is 10.1. The summed E-state index contributed by atoms with van der Waals surface area (Å²) in [7, 11) is 2.70. The molecule has 1 heterocycles. The van der Waals surface area contributed by atoms with E-state index in [0.717, 1.165) is 4.88 Å². The number of benzene rings is 1. The Hall–Kier alpha value is -1.92. The number of nitrogens with one attached hydrogen (secondary N) is 1. The third-order valence-electron chi connectivity index (χ3n) is 3.01. The van der Waals surface area contributed by atoms with Gasteiger partial charge in [0.2, 0.25) is 0 Å². The maximum Gasteiger partial charge on any atom is 0.327 e. The minimum Gasteiger partial charge on any atom is -0.494 e. The summed E-state index contributed by atoms with van der Waals surface area (Å²) < 4.78 is 23.4. The molecular formula is C15H16FNO3S. The zero-order valence-corrected chi connectivity index (χ0v) is 12.6. The van der Waals surface area contributed by atoms with Crippen molar-refractivity contribution in [3.63, 3.8) is 0 Å². The molecule has 1 aromatic heterocycles. The summed E-state index contributed by atoms with van der Waals surface area (Å²) in [5.41, 5.74) is 0.497. The summed E-state index contributed by atoms with van der Waals surface area (Å²) in [6.07, 6.45) is 0. The van der Waals surface area contributed by atoms with Crippen molar-refractivity contribution in [1.82, 2.24) is 5.32 Å². The summed E-state index contributed by atoms with van der Waals surface area (Å²) in [5, 5.41) is 5.04. The van der Waals surface area contributed by atoms with Crippen molar-refractivity contribution in [1.29, 1.82) is 0 Å². The first-order chi connectivity index (χ1) is 10.2. The van der Waals surface area contributed by atoms with Crippen molar-refractivity contribution in [2.75, 3.05) is 14.2 Å². The summed E-state index contributed by atoms with van der Waals surface area (Å²) in [4.78, 5) is 13.0. The number of carbonyl (C=O) groups excluding carboxylic acids is 1. The van der Waals surface area contributed by atoms with Crippen molar-refractivity contribution in [2.24, 2.45) is 0 Å². The second-order valence-corrected chi connectivity index (χ2v) is 5.34. The quantitative estimate of drug-likeness (QED) is 0.834. The van der Waals surface area contributed by atoms with Crippen LogP contribution in [0.2, 0.25) is 0 Å². The summed E-state index contributed by atoms with van der Waals surface area (Å²) in [6.45, 7) is 0.505. The Morgan fingerprint density at radius 3 is 2.76 bits per heavy atom. The van der Waals surface area contributed by atoms with Gasteiger partial charge in [-0.1, -0.05) is 12.1 Å². The number of halogens is 1. The zero-order valence-electron chi connectivity index (χ0n) is 11.8. The van der Waals surface area contributed by atoms with Crippen LogP contribution in [0.1, 0.15) is 16.5 Å². The van der Waals surface area contributed by atoms with E-state index in [2.05, 4.69) is 5.32 Å². The molecule has 112 valence electrons. The number of esters is 1. The molecule has 6 heteroatoms. The lowest BCUT2D eigenvalue weighted by molar-refractivity contribution is -0.143. The van der Waals surface area contributed by atoms with Crippen molar-refractivity contribution in [3.05, 3.63) is 52.0 Å². The van der Waals surface area contributed by atoms with Gasteiger partial charge in [0.15, 0.2) is 11.6 Å². The smallest absolute Gasteiger partial charge is 0.327 e. The van der Waals surface area contributed by atoms with E-state index in [9.17, 15) is 9.18 Å². The molecule has 0 spiro atoms. The van der Waals surface area contributed by atoms with Gasteiger partial charge >= 0.3 is 5.97 Å². The van der Waals surface area contributed by atoms with Crippen molar-refractivity contribution in [2.45, 2.75) is 12.6 Å². The third-order valence-corrected chi connectivity index (χ3v) is 3.88. The van der Waals surface area contributed by atoms with Crippen LogP contribution in [-0.2, 0) is 16.1 Å². The van der Waals surface area contributed by atoms with Crippen LogP contribution in [0.3, 0.4) is 0 Å². The average molecular weight is 309 g/mol. The summed E-state index contributed by atoms with van der Waals surface area (Å²) >= 11 is 1.58. The maximum atomic E-state index is 13.8. The lowest BCUT2D eigenvalue weighted by Crippen LogP contribution is -2.29. The highest BCUT2D eigenvalue weighted by Gasteiger charge is 2.22. The molecule has 1 N–H and O–H groups in total. The van der Waals surface area contributed by atoms with Gasteiger partial charge in [0.25, 0.3) is 0 Å². The lowest BCUT2D eigenvalue weighted by Gasteiger charge is -2.17. The van der Waals surface area contributed by atoms with E-state index in [4.69, 9.17) is 9.47 Å². The molecule has 0 fully saturated rings. The van der Waals surface area contributed by atoms with E-state index in [0.29, 0.717) is 12.1 Å². The number of carbonyl (C=O) groups is 1. The number of thiophene rings is 1. The van der Waals surface area contributed by atoms with Gasteiger partial charge in [-0.2, -0.15) is 0 Å². The molecule has 0 radical (unpaired) electrons. The third kappa shape index (κ3) is 3.80. The SMILES string of the molecule is COC(=O)C(NCc1cccs1)c1ccc(OC)c(F)c1. The maximum absolute atomic E-state index is 13.8. The van der Waals surface area contributed by atoms with Gasteiger partial charge in [0.05, 0.1) is 14.2 Å². The van der Waals surface area contributed by atoms with Crippen molar-refractivity contribution < 1.29 is 18.7 Å². The summed E-state index contributed by atoms with van der Waals surface area (Å²) in [6, 6.07) is 7.58. The van der Waals surface area contributed by atoms with Gasteiger partial charge in [-0.25, -0.2) is 9.18 Å². The van der Waals surface area contributed by atoms with E-state index >= 15 is 0 Å². The molecule has 0 saturated carbocycles. The van der Waals surface area contributed by atoms with Crippen molar-refractivity contribution in [3.8, 4) is 5.75 Å². The van der Waals surface area contributed by atoms with Crippen LogP contribution < -0.4 is 10.1 Å². The standard InChI is InChI=1S/C15H16FNO3S/c1-19-13-6-5-10(8-12(13)16)14(15(18)20-2)17-9-11-4-3-7-21-11/h3-8,14,17H,9H2,1-2H3. The van der Waals surface area contributed by atoms with Crippen LogP contribution in [0, 0.1) is 5.82 Å². The van der Waals surface area contributed by atoms with E-state index in [1.807, 2.05) is 17.5 Å². The topological polar surface area (TPSA) is 47.6 Å². The number of hydrogen-bond donors (Lipinski definition) is 1. The molecule has 0 bridgehead atoms. The van der Waals surface area contributed by atoms with Gasteiger partial charge in [-0.05, 0) is 29.1 Å². The Morgan fingerprint density at radius 1 is 1.38 bits per heavy atom. The number of hydrogen-bond acceptors (Lipinski definition) is 5. The number of rotatable bonds is 6. The second kappa shape index (κ2) is 7.19. The van der Waals surface area contributed by atoms with Crippen LogP contribution in [0.25, 0.3) is 0 Å². The first-order valence-electron chi connectivity index (χ1n) is 6.32. The fraction of sp³-hybridized carbons (Fsp3) is 0.267. The Labute approximate surface area is 126 Å². The predicted molar refractivity (Wildman–Crippen MR) is 78.9 cm³/mol. The Morgan fingerprint density at radius 2 is 2.19 bits per heavy atom. The highest BCUT2D eigenvalue weighted by Crippen LogP contribution is 2.23. The first-order valence-corrected chi connectivity index (χ1v) is 7.20. The zero-order chi connectivity index (χ0) is 15.2. The van der Waals surface area contributed by atoms with E-state index in [1.165, 1.54) is 26.4 Å². The van der Waals surface area contributed by atoms with Crippen LogP contribution in [0.4, 0.5) is 4.39 Å². The molecule has 4 nitrogen and oxygen atoms in total. The molecule has 2 aromatic rings. The van der Waals surface area contributed by atoms with E-state index < -0.39 is 17.8 Å². The van der Waals surface area contributed by atoms with Gasteiger partial charge in [0.1, 0.15) is 6.04 Å². The van der Waals surface area contributed by atoms with Crippen LogP contribution in [0.5, 0.6) is 5.75 Å². The van der Waals surface area contributed by atoms with Crippen LogP contribution >= 0.6 is 11.3 Å². The summed E-state index contributed by atoms with van der Waals surface area (Å²) in [5.74, 6) is -0.835. The Kier molecular flexibility index (Phi) is 5.30. The molecule has 0 aliphatic carbocycles. The molecule has 1 aromatic carbocycles. The first kappa shape index (κ1) is 15.5. The fourth-order valence-corrected chi connectivity index (χ4v) is 2.59. The van der Waals surface area contributed by atoms with Gasteiger partial charge in [-0.15, -0.1) is 11.3 Å². The van der Waals surface area contributed by atoms with E-state index in [1.54, 1.807) is 17.4 Å². The minimum absolute atomic E-state index is 0.139. The Bertz CT molecular complexity index is 601. The molecule has 2 rings (SSSR count). The Balaban J connectivity index is 2.19. The molecular weight excluding hydrogens is 293 g/mol. The average Bonchev–Trinajstić information content (AvgIpc) is 3.00. The molecule has 1 unspecified atom stereocenters. The van der Waals surface area contributed by atoms with Gasteiger partial charge < -0.3 is 9.47 Å². The molecule has 21 heavy (non-hydrogen) atoms. The van der Waals surface area contributed by atoms with E-state index in [-0.39, 0.29) is 5.75 Å². The number of methoxy groups -OCH3 is 2. The highest BCUT2D eigenvalue weighted by molar-refractivity contribution is 7.09. The molecule has 1 atom stereocenters.